The Bertz CT molecular complexity index is 1440. The summed E-state index contributed by atoms with van der Waals surface area (Å²) in [5.41, 5.74) is 3.45. The van der Waals surface area contributed by atoms with Crippen LogP contribution in [-0.2, 0) is 0 Å². The summed E-state index contributed by atoms with van der Waals surface area (Å²) in [5, 5.41) is 17.8. The molecule has 134 valence electrons. The SMILES string of the molecule is Cc1[nH]n(-c2ccccc2)c2nc3c(C#N)c(-c4ccccc4)nn3c(=O)c12. The number of nitrogens with one attached hydrogen (secondary N) is 1. The minimum Gasteiger partial charge on any atom is -0.296 e. The molecule has 0 amide bonds. The van der Waals surface area contributed by atoms with Crippen molar-refractivity contribution in [3.63, 3.8) is 0 Å². The zero-order valence-electron chi connectivity index (χ0n) is 14.9. The molecule has 7 nitrogen and oxygen atoms in total. The van der Waals surface area contributed by atoms with E-state index >= 15 is 0 Å². The normalized spacial score (nSPS) is 11.1. The van der Waals surface area contributed by atoms with E-state index in [2.05, 4.69) is 21.3 Å². The van der Waals surface area contributed by atoms with Gasteiger partial charge in [0.2, 0.25) is 0 Å². The first-order chi connectivity index (χ1) is 13.7. The second-order valence-electron chi connectivity index (χ2n) is 6.46. The van der Waals surface area contributed by atoms with Crippen LogP contribution in [0.3, 0.4) is 0 Å². The van der Waals surface area contributed by atoms with Gasteiger partial charge in [-0.3, -0.25) is 9.89 Å². The second-order valence-corrected chi connectivity index (χ2v) is 6.46. The molecule has 5 aromatic rings. The molecule has 2 aromatic carbocycles. The predicted molar refractivity (Wildman–Crippen MR) is 105 cm³/mol. The molecule has 1 N–H and O–H groups in total. The number of H-pyrrole nitrogens is 1. The van der Waals surface area contributed by atoms with Crippen LogP contribution in [0.4, 0.5) is 0 Å². The number of benzene rings is 2. The summed E-state index contributed by atoms with van der Waals surface area (Å²) in [6, 6.07) is 21.1. The minimum atomic E-state index is -0.304. The van der Waals surface area contributed by atoms with E-state index in [0.29, 0.717) is 22.4 Å². The maximum Gasteiger partial charge on any atom is 0.285 e. The molecule has 0 bridgehead atoms. The van der Waals surface area contributed by atoms with Gasteiger partial charge < -0.3 is 0 Å². The third-order valence-electron chi connectivity index (χ3n) is 4.74. The lowest BCUT2D eigenvalue weighted by Gasteiger charge is -2.03. The van der Waals surface area contributed by atoms with Crippen LogP contribution in [-0.4, -0.2) is 24.4 Å². The van der Waals surface area contributed by atoms with E-state index in [0.717, 1.165) is 11.3 Å². The first-order valence-electron chi connectivity index (χ1n) is 8.74. The standard InChI is InChI=1S/C21H14N6O/c1-13-17-20(26(24-13)15-10-6-3-7-11-15)23-19-16(12-22)18(25-27(19)21(17)28)14-8-4-2-5-9-14/h2-11,24H,1H3. The van der Waals surface area contributed by atoms with Crippen molar-refractivity contribution in [3.8, 4) is 23.0 Å². The number of hydrogen-bond acceptors (Lipinski definition) is 4. The van der Waals surface area contributed by atoms with Crippen molar-refractivity contribution in [2.45, 2.75) is 6.92 Å². The predicted octanol–water partition coefficient (Wildman–Crippen LogP) is 3.21. The lowest BCUT2D eigenvalue weighted by molar-refractivity contribution is 0.874. The van der Waals surface area contributed by atoms with Crippen molar-refractivity contribution in [2.75, 3.05) is 0 Å². The Kier molecular flexibility index (Phi) is 3.39. The number of fused-ring (bicyclic) bond motifs is 2. The highest BCUT2D eigenvalue weighted by atomic mass is 16.1. The molecule has 3 aromatic heterocycles. The van der Waals surface area contributed by atoms with Crippen LogP contribution >= 0.6 is 0 Å². The number of aromatic amines is 1. The molecule has 0 saturated heterocycles. The van der Waals surface area contributed by atoms with Crippen molar-refractivity contribution < 1.29 is 0 Å². The van der Waals surface area contributed by atoms with E-state index in [1.165, 1.54) is 4.52 Å². The summed E-state index contributed by atoms with van der Waals surface area (Å²) in [6.07, 6.45) is 0. The highest BCUT2D eigenvalue weighted by Crippen LogP contribution is 2.26. The van der Waals surface area contributed by atoms with Gasteiger partial charge in [0.15, 0.2) is 11.3 Å². The van der Waals surface area contributed by atoms with Gasteiger partial charge in [0.1, 0.15) is 22.7 Å². The third-order valence-corrected chi connectivity index (χ3v) is 4.74. The van der Waals surface area contributed by atoms with Gasteiger partial charge in [0.05, 0.1) is 5.69 Å². The molecular weight excluding hydrogens is 352 g/mol. The zero-order chi connectivity index (χ0) is 19.3. The van der Waals surface area contributed by atoms with Gasteiger partial charge in [0.25, 0.3) is 5.56 Å². The van der Waals surface area contributed by atoms with Crippen molar-refractivity contribution >= 4 is 16.7 Å². The molecule has 0 aliphatic rings. The minimum absolute atomic E-state index is 0.252. The van der Waals surface area contributed by atoms with Gasteiger partial charge in [-0.05, 0) is 19.1 Å². The summed E-state index contributed by atoms with van der Waals surface area (Å²) in [6.45, 7) is 1.82. The Balaban J connectivity index is 1.90. The molecular formula is C21H14N6O. The number of aromatic nitrogens is 5. The number of hydrogen-bond donors (Lipinski definition) is 1. The fraction of sp³-hybridized carbons (Fsp3) is 0.0476. The number of rotatable bonds is 2. The molecule has 0 radical (unpaired) electrons. The maximum absolute atomic E-state index is 13.2. The van der Waals surface area contributed by atoms with Crippen molar-refractivity contribution in [1.82, 2.24) is 24.4 Å². The summed E-state index contributed by atoms with van der Waals surface area (Å²) in [5.74, 6) is 0. The molecule has 0 unspecified atom stereocenters. The summed E-state index contributed by atoms with van der Waals surface area (Å²) < 4.78 is 2.97. The summed E-state index contributed by atoms with van der Waals surface area (Å²) in [7, 11) is 0. The molecule has 5 rings (SSSR count). The van der Waals surface area contributed by atoms with E-state index in [1.54, 1.807) is 4.68 Å². The Morgan fingerprint density at radius 2 is 1.68 bits per heavy atom. The fourth-order valence-corrected chi connectivity index (χ4v) is 3.44. The van der Waals surface area contributed by atoms with Crippen LogP contribution in [0.15, 0.2) is 65.5 Å². The number of nitriles is 1. The van der Waals surface area contributed by atoms with Crippen molar-refractivity contribution in [3.05, 3.63) is 82.3 Å². The van der Waals surface area contributed by atoms with E-state index in [9.17, 15) is 10.1 Å². The molecule has 3 heterocycles. The number of para-hydroxylation sites is 1. The topological polar surface area (TPSA) is 91.8 Å². The fourth-order valence-electron chi connectivity index (χ4n) is 3.44. The molecule has 0 aliphatic carbocycles. The second kappa shape index (κ2) is 5.93. The van der Waals surface area contributed by atoms with E-state index in [-0.39, 0.29) is 16.8 Å². The monoisotopic (exact) mass is 366 g/mol. The number of aryl methyl sites for hydroxylation is 1. The van der Waals surface area contributed by atoms with Gasteiger partial charge in [-0.15, -0.1) is 0 Å². The number of nitrogens with zero attached hydrogens (tertiary/aromatic N) is 5. The van der Waals surface area contributed by atoms with Crippen LogP contribution < -0.4 is 5.56 Å². The maximum atomic E-state index is 13.2. The van der Waals surface area contributed by atoms with Gasteiger partial charge in [-0.2, -0.15) is 14.9 Å². The quantitative estimate of drug-likeness (QED) is 0.519. The van der Waals surface area contributed by atoms with Crippen molar-refractivity contribution in [1.29, 1.82) is 5.26 Å². The van der Waals surface area contributed by atoms with Gasteiger partial charge in [0, 0.05) is 11.3 Å². The van der Waals surface area contributed by atoms with Crippen LogP contribution in [0.1, 0.15) is 11.3 Å². The van der Waals surface area contributed by atoms with E-state index in [1.807, 2.05) is 67.6 Å². The third kappa shape index (κ3) is 2.18. The molecule has 0 spiro atoms. The lowest BCUT2D eigenvalue weighted by Crippen LogP contribution is -2.16. The van der Waals surface area contributed by atoms with Gasteiger partial charge in [-0.25, -0.2) is 9.67 Å². The van der Waals surface area contributed by atoms with E-state index in [4.69, 9.17) is 0 Å². The van der Waals surface area contributed by atoms with Crippen molar-refractivity contribution in [2.24, 2.45) is 0 Å². The Labute approximate surface area is 159 Å². The molecule has 0 aliphatic heterocycles. The largest absolute Gasteiger partial charge is 0.296 e. The summed E-state index contributed by atoms with van der Waals surface area (Å²) in [4.78, 5) is 17.8. The summed E-state index contributed by atoms with van der Waals surface area (Å²) >= 11 is 0. The van der Waals surface area contributed by atoms with Crippen LogP contribution in [0.2, 0.25) is 0 Å². The van der Waals surface area contributed by atoms with Crippen LogP contribution in [0.25, 0.3) is 33.6 Å². The van der Waals surface area contributed by atoms with Crippen LogP contribution in [0.5, 0.6) is 0 Å². The molecule has 28 heavy (non-hydrogen) atoms. The highest BCUT2D eigenvalue weighted by molar-refractivity contribution is 5.84. The average Bonchev–Trinajstić information content (AvgIpc) is 3.28. The van der Waals surface area contributed by atoms with Gasteiger partial charge >= 0.3 is 0 Å². The van der Waals surface area contributed by atoms with Crippen LogP contribution in [0, 0.1) is 18.3 Å². The molecule has 0 fully saturated rings. The zero-order valence-corrected chi connectivity index (χ0v) is 14.9. The average molecular weight is 366 g/mol. The molecule has 0 atom stereocenters. The lowest BCUT2D eigenvalue weighted by atomic mass is 10.1. The highest BCUT2D eigenvalue weighted by Gasteiger charge is 2.22. The first kappa shape index (κ1) is 16.0. The Hall–Kier alpha value is -4.18. The molecule has 0 saturated carbocycles. The van der Waals surface area contributed by atoms with E-state index < -0.39 is 0 Å². The first-order valence-corrected chi connectivity index (χ1v) is 8.74. The Morgan fingerprint density at radius 1 is 1.00 bits per heavy atom. The smallest absolute Gasteiger partial charge is 0.285 e. The molecule has 7 heteroatoms. The van der Waals surface area contributed by atoms with Gasteiger partial charge in [-0.1, -0.05) is 48.5 Å². The Morgan fingerprint density at radius 3 is 2.36 bits per heavy atom.